The van der Waals surface area contributed by atoms with E-state index in [0.29, 0.717) is 17.8 Å². The molecule has 8 nitrogen and oxygen atoms in total. The smallest absolute Gasteiger partial charge is 0.305 e. The first-order valence-electron chi connectivity index (χ1n) is 8.14. The highest BCUT2D eigenvalue weighted by atomic mass is 16.4. The van der Waals surface area contributed by atoms with Gasteiger partial charge in [0.15, 0.2) is 0 Å². The van der Waals surface area contributed by atoms with Crippen molar-refractivity contribution in [1.82, 2.24) is 19.6 Å². The van der Waals surface area contributed by atoms with E-state index in [1.165, 1.54) is 22.6 Å². The first-order chi connectivity index (χ1) is 12.5. The van der Waals surface area contributed by atoms with E-state index in [9.17, 15) is 9.59 Å². The number of aryl methyl sites for hydroxylation is 2. The van der Waals surface area contributed by atoms with Crippen molar-refractivity contribution in [2.75, 3.05) is 5.32 Å². The largest absolute Gasteiger partial charge is 0.481 e. The zero-order valence-corrected chi connectivity index (χ0v) is 14.3. The summed E-state index contributed by atoms with van der Waals surface area (Å²) in [6, 6.07) is 8.06. The fraction of sp³-hybridized carbons (Fsp3) is 0.222. The standard InChI is InChI=1S/C18H19N5O3/c1-13-4-2-3-5-14(13)10-23-12-16(9-20-23)21-18(26)15-8-19-22(11-15)7-6-17(24)25/h2-5,8-9,11-12H,6-7,10H2,1H3,(H,21,26)(H,24,25). The van der Waals surface area contributed by atoms with Crippen LogP contribution in [-0.4, -0.2) is 36.5 Å². The summed E-state index contributed by atoms with van der Waals surface area (Å²) in [6.45, 7) is 2.89. The number of amides is 1. The van der Waals surface area contributed by atoms with Crippen LogP contribution in [0.1, 0.15) is 27.9 Å². The Kier molecular flexibility index (Phi) is 5.12. The average Bonchev–Trinajstić information content (AvgIpc) is 3.24. The van der Waals surface area contributed by atoms with Crippen molar-refractivity contribution >= 4 is 17.6 Å². The molecule has 0 spiro atoms. The van der Waals surface area contributed by atoms with Crippen molar-refractivity contribution in [2.45, 2.75) is 26.4 Å². The number of aromatic nitrogens is 4. The van der Waals surface area contributed by atoms with Gasteiger partial charge >= 0.3 is 5.97 Å². The van der Waals surface area contributed by atoms with Crippen LogP contribution in [0.5, 0.6) is 0 Å². The number of carboxylic acids is 1. The molecule has 0 saturated heterocycles. The van der Waals surface area contributed by atoms with Crippen LogP contribution in [-0.2, 0) is 17.9 Å². The summed E-state index contributed by atoms with van der Waals surface area (Å²) in [5.74, 6) is -1.23. The van der Waals surface area contributed by atoms with E-state index in [1.54, 1.807) is 17.1 Å². The molecule has 8 heteroatoms. The van der Waals surface area contributed by atoms with Crippen LogP contribution in [0.25, 0.3) is 0 Å². The molecule has 3 rings (SSSR count). The molecule has 3 aromatic rings. The van der Waals surface area contributed by atoms with E-state index in [2.05, 4.69) is 15.5 Å². The lowest BCUT2D eigenvalue weighted by Gasteiger charge is -2.05. The van der Waals surface area contributed by atoms with Crippen LogP contribution in [0.4, 0.5) is 5.69 Å². The lowest BCUT2D eigenvalue weighted by atomic mass is 10.1. The number of hydrogen-bond acceptors (Lipinski definition) is 4. The molecule has 0 radical (unpaired) electrons. The fourth-order valence-electron chi connectivity index (χ4n) is 2.49. The number of aliphatic carboxylic acids is 1. The van der Waals surface area contributed by atoms with Gasteiger partial charge in [0.25, 0.3) is 5.91 Å². The normalized spacial score (nSPS) is 10.7. The number of hydrogen-bond donors (Lipinski definition) is 2. The number of benzene rings is 1. The van der Waals surface area contributed by atoms with Gasteiger partial charge in [0.05, 0.1) is 43.2 Å². The maximum Gasteiger partial charge on any atom is 0.305 e. The van der Waals surface area contributed by atoms with E-state index in [4.69, 9.17) is 5.11 Å². The van der Waals surface area contributed by atoms with Crippen molar-refractivity contribution in [1.29, 1.82) is 0 Å². The van der Waals surface area contributed by atoms with E-state index < -0.39 is 5.97 Å². The Hall–Kier alpha value is -3.42. The van der Waals surface area contributed by atoms with Gasteiger partial charge in [-0.25, -0.2) is 0 Å². The summed E-state index contributed by atoms with van der Waals surface area (Å²) < 4.78 is 3.19. The number of nitrogens with one attached hydrogen (secondary N) is 1. The minimum absolute atomic E-state index is 0.0472. The molecule has 2 N–H and O–H groups in total. The monoisotopic (exact) mass is 353 g/mol. The van der Waals surface area contributed by atoms with Crippen LogP contribution < -0.4 is 5.32 Å². The quantitative estimate of drug-likeness (QED) is 0.678. The minimum Gasteiger partial charge on any atom is -0.481 e. The van der Waals surface area contributed by atoms with Crippen molar-refractivity contribution in [3.05, 3.63) is 65.7 Å². The molecule has 0 saturated carbocycles. The molecule has 134 valence electrons. The molecular formula is C18H19N5O3. The molecule has 0 aliphatic carbocycles. The number of anilines is 1. The van der Waals surface area contributed by atoms with Crippen LogP contribution in [0.3, 0.4) is 0 Å². The molecule has 2 aromatic heterocycles. The third-order valence-electron chi connectivity index (χ3n) is 3.93. The first-order valence-corrected chi connectivity index (χ1v) is 8.14. The van der Waals surface area contributed by atoms with Gasteiger partial charge in [0.2, 0.25) is 0 Å². The van der Waals surface area contributed by atoms with Crippen molar-refractivity contribution in [3.8, 4) is 0 Å². The fourth-order valence-corrected chi connectivity index (χ4v) is 2.49. The zero-order valence-electron chi connectivity index (χ0n) is 14.3. The maximum atomic E-state index is 12.3. The molecule has 0 unspecified atom stereocenters. The number of rotatable bonds is 7. The molecule has 0 aliphatic rings. The van der Waals surface area contributed by atoms with Crippen LogP contribution in [0, 0.1) is 6.92 Å². The Morgan fingerprint density at radius 1 is 1.12 bits per heavy atom. The van der Waals surface area contributed by atoms with Gasteiger partial charge in [-0.2, -0.15) is 10.2 Å². The summed E-state index contributed by atoms with van der Waals surface area (Å²) in [6.07, 6.45) is 6.24. The second-order valence-corrected chi connectivity index (χ2v) is 5.94. The predicted octanol–water partition coefficient (Wildman–Crippen LogP) is 2.16. The second-order valence-electron chi connectivity index (χ2n) is 5.94. The Balaban J connectivity index is 1.61. The third kappa shape index (κ3) is 4.35. The van der Waals surface area contributed by atoms with E-state index in [1.807, 2.05) is 31.2 Å². The Morgan fingerprint density at radius 2 is 1.88 bits per heavy atom. The third-order valence-corrected chi connectivity index (χ3v) is 3.93. The van der Waals surface area contributed by atoms with Crippen molar-refractivity contribution < 1.29 is 14.7 Å². The lowest BCUT2D eigenvalue weighted by Crippen LogP contribution is -2.11. The topological polar surface area (TPSA) is 102 Å². The molecule has 0 bridgehead atoms. The molecule has 0 fully saturated rings. The molecule has 1 aromatic carbocycles. The zero-order chi connectivity index (χ0) is 18.5. The maximum absolute atomic E-state index is 12.3. The van der Waals surface area contributed by atoms with Gasteiger partial charge in [0, 0.05) is 12.4 Å². The molecule has 0 aliphatic heterocycles. The van der Waals surface area contributed by atoms with Crippen LogP contribution in [0.15, 0.2) is 49.1 Å². The number of carboxylic acid groups (broad SMARTS) is 1. The van der Waals surface area contributed by atoms with Crippen molar-refractivity contribution in [3.63, 3.8) is 0 Å². The van der Waals surface area contributed by atoms with Crippen molar-refractivity contribution in [2.24, 2.45) is 0 Å². The Morgan fingerprint density at radius 3 is 2.65 bits per heavy atom. The second kappa shape index (κ2) is 7.64. The van der Waals surface area contributed by atoms with Gasteiger partial charge < -0.3 is 10.4 Å². The number of carbonyl (C=O) groups is 2. The molecule has 1 amide bonds. The van der Waals surface area contributed by atoms with E-state index in [-0.39, 0.29) is 18.9 Å². The Labute approximate surface area is 150 Å². The van der Waals surface area contributed by atoms with E-state index in [0.717, 1.165) is 5.56 Å². The van der Waals surface area contributed by atoms with Gasteiger partial charge in [0.1, 0.15) is 0 Å². The average molecular weight is 353 g/mol. The van der Waals surface area contributed by atoms with Gasteiger partial charge in [-0.1, -0.05) is 24.3 Å². The van der Waals surface area contributed by atoms with Gasteiger partial charge in [-0.15, -0.1) is 0 Å². The lowest BCUT2D eigenvalue weighted by molar-refractivity contribution is -0.137. The SMILES string of the molecule is Cc1ccccc1Cn1cc(NC(=O)c2cnn(CCC(=O)O)c2)cn1. The highest BCUT2D eigenvalue weighted by Gasteiger charge is 2.11. The Bertz CT molecular complexity index is 928. The summed E-state index contributed by atoms with van der Waals surface area (Å²) in [5, 5.41) is 19.7. The predicted molar refractivity (Wildman–Crippen MR) is 94.9 cm³/mol. The number of nitrogens with zero attached hydrogens (tertiary/aromatic N) is 4. The number of carbonyl (C=O) groups excluding carboxylic acids is 1. The molecule has 0 atom stereocenters. The van der Waals surface area contributed by atoms with E-state index >= 15 is 0 Å². The molecule has 2 heterocycles. The minimum atomic E-state index is -0.910. The van der Waals surface area contributed by atoms with Gasteiger partial charge in [-0.05, 0) is 18.1 Å². The van der Waals surface area contributed by atoms with Gasteiger partial charge in [-0.3, -0.25) is 19.0 Å². The summed E-state index contributed by atoms with van der Waals surface area (Å²) >= 11 is 0. The summed E-state index contributed by atoms with van der Waals surface area (Å²) in [7, 11) is 0. The first kappa shape index (κ1) is 17.4. The molecular weight excluding hydrogens is 334 g/mol. The summed E-state index contributed by atoms with van der Waals surface area (Å²) in [5.41, 5.74) is 3.29. The highest BCUT2D eigenvalue weighted by Crippen LogP contribution is 2.12. The van der Waals surface area contributed by atoms with Crippen LogP contribution >= 0.6 is 0 Å². The summed E-state index contributed by atoms with van der Waals surface area (Å²) in [4.78, 5) is 22.8. The highest BCUT2D eigenvalue weighted by molar-refractivity contribution is 6.03. The molecule has 26 heavy (non-hydrogen) atoms. The van der Waals surface area contributed by atoms with Crippen LogP contribution in [0.2, 0.25) is 0 Å².